The van der Waals surface area contributed by atoms with Gasteiger partial charge in [-0.25, -0.2) is 8.42 Å². The molecule has 0 aliphatic carbocycles. The van der Waals surface area contributed by atoms with Gasteiger partial charge in [0.05, 0.1) is 4.90 Å². The summed E-state index contributed by atoms with van der Waals surface area (Å²) in [5, 5.41) is 2.75. The summed E-state index contributed by atoms with van der Waals surface area (Å²) in [6, 6.07) is 13.7. The number of hydrogen-bond acceptors (Lipinski definition) is 4. The fourth-order valence-electron chi connectivity index (χ4n) is 2.95. The van der Waals surface area contributed by atoms with Crippen molar-refractivity contribution in [3.05, 3.63) is 54.1 Å². The van der Waals surface area contributed by atoms with Gasteiger partial charge in [-0.05, 0) is 56.2 Å². The van der Waals surface area contributed by atoms with Crippen LogP contribution >= 0.6 is 0 Å². The average molecular weight is 388 g/mol. The number of hydrogen-bond donors (Lipinski definition) is 1. The Morgan fingerprint density at radius 2 is 1.63 bits per heavy atom. The Kier molecular flexibility index (Phi) is 6.13. The lowest BCUT2D eigenvalue weighted by molar-refractivity contribution is -0.118. The minimum absolute atomic E-state index is 0.147. The summed E-state index contributed by atoms with van der Waals surface area (Å²) in [7, 11) is -3.46. The first-order chi connectivity index (χ1) is 12.9. The molecular formula is C20H24N2O4S. The molecule has 0 saturated carbocycles. The van der Waals surface area contributed by atoms with Crippen LogP contribution in [0, 0.1) is 6.92 Å². The quantitative estimate of drug-likeness (QED) is 0.825. The van der Waals surface area contributed by atoms with Crippen molar-refractivity contribution < 1.29 is 17.9 Å². The van der Waals surface area contributed by atoms with Crippen molar-refractivity contribution in [1.82, 2.24) is 4.31 Å². The van der Waals surface area contributed by atoms with Gasteiger partial charge in [-0.3, -0.25) is 4.79 Å². The highest BCUT2D eigenvalue weighted by atomic mass is 32.2. The van der Waals surface area contributed by atoms with Gasteiger partial charge in [0, 0.05) is 18.8 Å². The number of rotatable bonds is 6. The molecule has 0 unspecified atom stereocenters. The Bertz CT molecular complexity index is 871. The van der Waals surface area contributed by atoms with Crippen molar-refractivity contribution in [2.24, 2.45) is 0 Å². The summed E-state index contributed by atoms with van der Waals surface area (Å²) in [5.41, 5.74) is 1.82. The first-order valence-corrected chi connectivity index (χ1v) is 10.5. The zero-order valence-corrected chi connectivity index (χ0v) is 16.2. The standard InChI is InChI=1S/C20H24N2O4S/c1-16-5-7-17(8-6-16)21-20(23)15-26-18-9-11-19(12-10-18)27(24,25)22-13-3-2-4-14-22/h5-12H,2-4,13-15H2,1H3,(H,21,23). The van der Waals surface area contributed by atoms with Gasteiger partial charge >= 0.3 is 0 Å². The number of anilines is 1. The van der Waals surface area contributed by atoms with Gasteiger partial charge in [0.15, 0.2) is 6.61 Å². The van der Waals surface area contributed by atoms with Crippen LogP contribution < -0.4 is 10.1 Å². The van der Waals surface area contributed by atoms with E-state index < -0.39 is 10.0 Å². The zero-order chi connectivity index (χ0) is 19.3. The van der Waals surface area contributed by atoms with E-state index >= 15 is 0 Å². The highest BCUT2D eigenvalue weighted by Crippen LogP contribution is 2.22. The fraction of sp³-hybridized carbons (Fsp3) is 0.350. The van der Waals surface area contributed by atoms with Gasteiger partial charge in [0.2, 0.25) is 10.0 Å². The molecule has 144 valence electrons. The zero-order valence-electron chi connectivity index (χ0n) is 15.3. The molecule has 0 spiro atoms. The van der Waals surface area contributed by atoms with E-state index in [1.165, 1.54) is 16.4 Å². The Labute approximate surface area is 160 Å². The van der Waals surface area contributed by atoms with Crippen LogP contribution in [0.25, 0.3) is 0 Å². The molecular weight excluding hydrogens is 364 g/mol. The van der Waals surface area contributed by atoms with E-state index in [0.29, 0.717) is 24.5 Å². The number of aryl methyl sites for hydroxylation is 1. The predicted molar refractivity (Wildman–Crippen MR) is 104 cm³/mol. The largest absolute Gasteiger partial charge is 0.484 e. The van der Waals surface area contributed by atoms with Crippen molar-refractivity contribution in [2.45, 2.75) is 31.1 Å². The first-order valence-electron chi connectivity index (χ1n) is 9.05. The lowest BCUT2D eigenvalue weighted by Crippen LogP contribution is -2.35. The van der Waals surface area contributed by atoms with E-state index in [4.69, 9.17) is 4.74 Å². The topological polar surface area (TPSA) is 75.7 Å². The highest BCUT2D eigenvalue weighted by Gasteiger charge is 2.25. The van der Waals surface area contributed by atoms with Crippen molar-refractivity contribution in [2.75, 3.05) is 25.0 Å². The van der Waals surface area contributed by atoms with Gasteiger partial charge in [0.1, 0.15) is 5.75 Å². The molecule has 0 atom stereocenters. The number of amides is 1. The highest BCUT2D eigenvalue weighted by molar-refractivity contribution is 7.89. The van der Waals surface area contributed by atoms with Crippen LogP contribution in [0.1, 0.15) is 24.8 Å². The minimum Gasteiger partial charge on any atom is -0.484 e. The summed E-state index contributed by atoms with van der Waals surface area (Å²) in [6.45, 7) is 2.97. The van der Waals surface area contributed by atoms with Crippen LogP contribution in [0.4, 0.5) is 5.69 Å². The van der Waals surface area contributed by atoms with Crippen LogP contribution in [0.5, 0.6) is 5.75 Å². The molecule has 0 aromatic heterocycles. The van der Waals surface area contributed by atoms with Crippen LogP contribution in [0.2, 0.25) is 0 Å². The summed E-state index contributed by atoms with van der Waals surface area (Å²) in [6.07, 6.45) is 2.87. The maximum atomic E-state index is 12.6. The van der Waals surface area contributed by atoms with Gasteiger partial charge in [-0.15, -0.1) is 0 Å². The van der Waals surface area contributed by atoms with Crippen LogP contribution in [-0.4, -0.2) is 38.3 Å². The van der Waals surface area contributed by atoms with Crippen molar-refractivity contribution >= 4 is 21.6 Å². The third-order valence-electron chi connectivity index (χ3n) is 4.48. The van der Waals surface area contributed by atoms with Gasteiger partial charge in [-0.1, -0.05) is 24.1 Å². The number of sulfonamides is 1. The molecule has 0 bridgehead atoms. The second-order valence-corrected chi connectivity index (χ2v) is 8.58. The van der Waals surface area contributed by atoms with E-state index in [0.717, 1.165) is 24.8 Å². The van der Waals surface area contributed by atoms with Crippen molar-refractivity contribution in [3.8, 4) is 5.75 Å². The second-order valence-electron chi connectivity index (χ2n) is 6.64. The van der Waals surface area contributed by atoms with Crippen LogP contribution in [-0.2, 0) is 14.8 Å². The molecule has 1 N–H and O–H groups in total. The first kappa shape index (κ1) is 19.4. The molecule has 7 heteroatoms. The number of piperidine rings is 1. The fourth-order valence-corrected chi connectivity index (χ4v) is 4.46. The van der Waals surface area contributed by atoms with E-state index in [2.05, 4.69) is 5.32 Å². The number of nitrogens with zero attached hydrogens (tertiary/aromatic N) is 1. The monoisotopic (exact) mass is 388 g/mol. The summed E-state index contributed by atoms with van der Waals surface area (Å²) in [5.74, 6) is 0.176. The molecule has 27 heavy (non-hydrogen) atoms. The average Bonchev–Trinajstić information content (AvgIpc) is 2.69. The van der Waals surface area contributed by atoms with Crippen molar-refractivity contribution in [3.63, 3.8) is 0 Å². The lowest BCUT2D eigenvalue weighted by Gasteiger charge is -2.25. The van der Waals surface area contributed by atoms with E-state index in [-0.39, 0.29) is 17.4 Å². The third kappa shape index (κ3) is 5.08. The normalized spacial score (nSPS) is 15.3. The summed E-state index contributed by atoms with van der Waals surface area (Å²) >= 11 is 0. The molecule has 2 aromatic rings. The summed E-state index contributed by atoms with van der Waals surface area (Å²) < 4.78 is 32.2. The number of nitrogens with one attached hydrogen (secondary N) is 1. The SMILES string of the molecule is Cc1ccc(NC(=O)COc2ccc(S(=O)(=O)N3CCCCC3)cc2)cc1. The minimum atomic E-state index is -3.46. The van der Waals surface area contributed by atoms with Crippen LogP contribution in [0.15, 0.2) is 53.4 Å². The second kappa shape index (κ2) is 8.54. The van der Waals surface area contributed by atoms with E-state index in [1.54, 1.807) is 12.1 Å². The maximum Gasteiger partial charge on any atom is 0.262 e. The Hall–Kier alpha value is -2.38. The predicted octanol–water partition coefficient (Wildman–Crippen LogP) is 3.19. The molecule has 2 aromatic carbocycles. The van der Waals surface area contributed by atoms with E-state index in [9.17, 15) is 13.2 Å². The number of benzene rings is 2. The molecule has 3 rings (SSSR count). The Balaban J connectivity index is 1.55. The smallest absolute Gasteiger partial charge is 0.262 e. The molecule has 1 saturated heterocycles. The lowest BCUT2D eigenvalue weighted by atomic mass is 10.2. The number of carbonyl (C=O) groups is 1. The maximum absolute atomic E-state index is 12.6. The molecule has 1 fully saturated rings. The molecule has 6 nitrogen and oxygen atoms in total. The molecule has 1 aliphatic heterocycles. The Morgan fingerprint density at radius 1 is 1.00 bits per heavy atom. The number of carbonyl (C=O) groups excluding carboxylic acids is 1. The van der Waals surface area contributed by atoms with Gasteiger partial charge in [0.25, 0.3) is 5.91 Å². The Morgan fingerprint density at radius 3 is 2.26 bits per heavy atom. The van der Waals surface area contributed by atoms with Crippen molar-refractivity contribution in [1.29, 1.82) is 0 Å². The third-order valence-corrected chi connectivity index (χ3v) is 6.39. The molecule has 0 radical (unpaired) electrons. The summed E-state index contributed by atoms with van der Waals surface area (Å²) in [4.78, 5) is 12.2. The van der Waals surface area contributed by atoms with E-state index in [1.807, 2.05) is 31.2 Å². The van der Waals surface area contributed by atoms with Gasteiger partial charge in [-0.2, -0.15) is 4.31 Å². The molecule has 1 aliphatic rings. The van der Waals surface area contributed by atoms with Gasteiger partial charge < -0.3 is 10.1 Å². The molecule has 1 amide bonds. The number of ether oxygens (including phenoxy) is 1. The van der Waals surface area contributed by atoms with Crippen LogP contribution in [0.3, 0.4) is 0 Å². The molecule has 1 heterocycles.